The number of carbonyl (C=O) groups is 1. The number of hydrogen-bond acceptors (Lipinski definition) is 3. The molecule has 0 fully saturated rings. The highest BCUT2D eigenvalue weighted by molar-refractivity contribution is 5.95. The molecule has 1 unspecified atom stereocenters. The zero-order chi connectivity index (χ0) is 14.8. The number of anilines is 1. The van der Waals surface area contributed by atoms with Gasteiger partial charge in [-0.1, -0.05) is 24.3 Å². The van der Waals surface area contributed by atoms with Crippen molar-refractivity contribution < 1.29 is 13.9 Å². The summed E-state index contributed by atoms with van der Waals surface area (Å²) in [5.41, 5.74) is 8.26. The highest BCUT2D eigenvalue weighted by atomic mass is 19.1. The molecule has 1 atom stereocenters. The minimum absolute atomic E-state index is 0.101. The summed E-state index contributed by atoms with van der Waals surface area (Å²) in [6.45, 7) is 0. The summed E-state index contributed by atoms with van der Waals surface area (Å²) in [4.78, 5) is 12.2. The molecule has 2 aromatic carbocycles. The fourth-order valence-corrected chi connectivity index (χ4v) is 2.74. The largest absolute Gasteiger partial charge is 0.454 e. The van der Waals surface area contributed by atoms with E-state index in [1.54, 1.807) is 0 Å². The number of hydrogen-bond donors (Lipinski definition) is 1. The van der Waals surface area contributed by atoms with Gasteiger partial charge in [-0.2, -0.15) is 0 Å². The average molecular weight is 285 g/mol. The van der Waals surface area contributed by atoms with Gasteiger partial charge < -0.3 is 10.5 Å². The second-order valence-corrected chi connectivity index (χ2v) is 5.22. The van der Waals surface area contributed by atoms with Crippen molar-refractivity contribution in [1.82, 2.24) is 0 Å². The van der Waals surface area contributed by atoms with Gasteiger partial charge in [0.15, 0.2) is 0 Å². The minimum atomic E-state index is -0.505. The van der Waals surface area contributed by atoms with Gasteiger partial charge >= 0.3 is 5.97 Å². The van der Waals surface area contributed by atoms with E-state index >= 15 is 0 Å². The van der Waals surface area contributed by atoms with Gasteiger partial charge in [0.1, 0.15) is 11.9 Å². The first-order valence-electron chi connectivity index (χ1n) is 6.99. The molecule has 1 aliphatic carbocycles. The molecule has 0 aromatic heterocycles. The first kappa shape index (κ1) is 13.6. The molecule has 0 aliphatic heterocycles. The molecular formula is C17H16FNO2. The second-order valence-electron chi connectivity index (χ2n) is 5.22. The van der Waals surface area contributed by atoms with Crippen LogP contribution in [0.25, 0.3) is 0 Å². The molecule has 0 radical (unpaired) electrons. The second kappa shape index (κ2) is 5.56. The maximum Gasteiger partial charge on any atom is 0.340 e. The lowest BCUT2D eigenvalue weighted by Crippen LogP contribution is -2.17. The lowest BCUT2D eigenvalue weighted by molar-refractivity contribution is 0.0258. The first-order chi connectivity index (χ1) is 10.1. The fourth-order valence-electron chi connectivity index (χ4n) is 2.74. The number of nitrogens with two attached hydrogens (primary N) is 1. The Morgan fingerprint density at radius 3 is 2.86 bits per heavy atom. The predicted molar refractivity (Wildman–Crippen MR) is 78.3 cm³/mol. The van der Waals surface area contributed by atoms with E-state index in [1.165, 1.54) is 17.7 Å². The van der Waals surface area contributed by atoms with E-state index in [-0.39, 0.29) is 17.4 Å². The number of rotatable bonds is 2. The molecule has 2 aromatic rings. The van der Waals surface area contributed by atoms with Crippen molar-refractivity contribution in [1.29, 1.82) is 0 Å². The van der Waals surface area contributed by atoms with Gasteiger partial charge in [-0.25, -0.2) is 9.18 Å². The van der Waals surface area contributed by atoms with E-state index in [0.717, 1.165) is 30.9 Å². The van der Waals surface area contributed by atoms with Gasteiger partial charge in [-0.3, -0.25) is 0 Å². The molecule has 4 heteroatoms. The Morgan fingerprint density at radius 1 is 1.24 bits per heavy atom. The summed E-state index contributed by atoms with van der Waals surface area (Å²) in [6, 6.07) is 11.7. The molecule has 1 aliphatic rings. The number of halogens is 1. The fraction of sp³-hybridized carbons (Fsp3) is 0.235. The third kappa shape index (κ3) is 2.75. The number of esters is 1. The number of aryl methyl sites for hydroxylation is 1. The summed E-state index contributed by atoms with van der Waals surface area (Å²) >= 11 is 0. The van der Waals surface area contributed by atoms with Crippen LogP contribution in [-0.2, 0) is 11.2 Å². The Balaban J connectivity index is 1.83. The third-order valence-corrected chi connectivity index (χ3v) is 3.80. The van der Waals surface area contributed by atoms with E-state index in [0.29, 0.717) is 0 Å². The molecular weight excluding hydrogens is 269 g/mol. The number of ether oxygens (including phenoxy) is 1. The Labute approximate surface area is 122 Å². The molecule has 2 N–H and O–H groups in total. The summed E-state index contributed by atoms with van der Waals surface area (Å²) in [7, 11) is 0. The van der Waals surface area contributed by atoms with Gasteiger partial charge in [0.25, 0.3) is 0 Å². The van der Waals surface area contributed by atoms with Crippen LogP contribution in [0.15, 0.2) is 42.5 Å². The lowest BCUT2D eigenvalue weighted by Gasteiger charge is -2.25. The maximum absolute atomic E-state index is 13.0. The summed E-state index contributed by atoms with van der Waals surface area (Å²) < 4.78 is 18.6. The molecule has 0 amide bonds. The summed E-state index contributed by atoms with van der Waals surface area (Å²) in [5, 5.41) is 0. The number of benzene rings is 2. The first-order valence-corrected chi connectivity index (χ1v) is 6.99. The van der Waals surface area contributed by atoms with Crippen molar-refractivity contribution >= 4 is 11.7 Å². The van der Waals surface area contributed by atoms with Crippen LogP contribution in [0, 0.1) is 5.82 Å². The van der Waals surface area contributed by atoms with Crippen LogP contribution in [0.4, 0.5) is 10.1 Å². The van der Waals surface area contributed by atoms with Crippen molar-refractivity contribution in [2.24, 2.45) is 0 Å². The van der Waals surface area contributed by atoms with Crippen LogP contribution >= 0.6 is 0 Å². The SMILES string of the molecule is Nc1cc(F)ccc1C(=O)OC1CCCc2ccccc21. The van der Waals surface area contributed by atoms with Crippen LogP contribution < -0.4 is 5.73 Å². The van der Waals surface area contributed by atoms with E-state index < -0.39 is 11.8 Å². The molecule has 0 heterocycles. The standard InChI is InChI=1S/C17H16FNO2/c18-12-8-9-14(15(19)10-12)17(20)21-16-7-3-5-11-4-1-2-6-13(11)16/h1-2,4,6,8-10,16H,3,5,7,19H2. The summed E-state index contributed by atoms with van der Waals surface area (Å²) in [5.74, 6) is -0.971. The third-order valence-electron chi connectivity index (χ3n) is 3.80. The van der Waals surface area contributed by atoms with Crippen molar-refractivity contribution in [3.05, 3.63) is 65.0 Å². The van der Waals surface area contributed by atoms with E-state index in [1.807, 2.05) is 18.2 Å². The zero-order valence-electron chi connectivity index (χ0n) is 11.5. The number of nitrogen functional groups attached to an aromatic ring is 1. The average Bonchev–Trinajstić information content (AvgIpc) is 2.47. The number of fused-ring (bicyclic) bond motifs is 1. The summed E-state index contributed by atoms with van der Waals surface area (Å²) in [6.07, 6.45) is 2.52. The van der Waals surface area contributed by atoms with Crippen LogP contribution in [-0.4, -0.2) is 5.97 Å². The monoisotopic (exact) mass is 285 g/mol. The van der Waals surface area contributed by atoms with Crippen LogP contribution in [0.2, 0.25) is 0 Å². The smallest absolute Gasteiger partial charge is 0.340 e. The Bertz CT molecular complexity index is 684. The van der Waals surface area contributed by atoms with E-state index in [9.17, 15) is 9.18 Å². The highest BCUT2D eigenvalue weighted by Crippen LogP contribution is 2.33. The van der Waals surface area contributed by atoms with E-state index in [2.05, 4.69) is 6.07 Å². The normalized spacial score (nSPS) is 17.1. The van der Waals surface area contributed by atoms with Gasteiger partial charge in [-0.05, 0) is 48.6 Å². The molecule has 0 bridgehead atoms. The molecule has 3 nitrogen and oxygen atoms in total. The molecule has 0 spiro atoms. The molecule has 3 rings (SSSR count). The van der Waals surface area contributed by atoms with Gasteiger partial charge in [-0.15, -0.1) is 0 Å². The van der Waals surface area contributed by atoms with Gasteiger partial charge in [0.2, 0.25) is 0 Å². The van der Waals surface area contributed by atoms with Crippen molar-refractivity contribution in [3.63, 3.8) is 0 Å². The van der Waals surface area contributed by atoms with Crippen LogP contribution in [0.1, 0.15) is 40.4 Å². The Morgan fingerprint density at radius 2 is 2.05 bits per heavy atom. The zero-order valence-corrected chi connectivity index (χ0v) is 11.5. The molecule has 21 heavy (non-hydrogen) atoms. The molecule has 0 saturated heterocycles. The van der Waals surface area contributed by atoms with Crippen LogP contribution in [0.5, 0.6) is 0 Å². The Kier molecular flexibility index (Phi) is 3.60. The molecule has 0 saturated carbocycles. The number of carbonyl (C=O) groups excluding carboxylic acids is 1. The van der Waals surface area contributed by atoms with Crippen LogP contribution in [0.3, 0.4) is 0 Å². The van der Waals surface area contributed by atoms with Crippen molar-refractivity contribution in [2.45, 2.75) is 25.4 Å². The predicted octanol–water partition coefficient (Wildman–Crippen LogP) is 3.64. The lowest BCUT2D eigenvalue weighted by atomic mass is 9.89. The highest BCUT2D eigenvalue weighted by Gasteiger charge is 2.24. The maximum atomic E-state index is 13.0. The van der Waals surface area contributed by atoms with Gasteiger partial charge in [0, 0.05) is 5.69 Å². The van der Waals surface area contributed by atoms with Crippen molar-refractivity contribution in [2.75, 3.05) is 5.73 Å². The minimum Gasteiger partial charge on any atom is -0.454 e. The van der Waals surface area contributed by atoms with E-state index in [4.69, 9.17) is 10.5 Å². The Hall–Kier alpha value is -2.36. The van der Waals surface area contributed by atoms with Crippen molar-refractivity contribution in [3.8, 4) is 0 Å². The molecule has 108 valence electrons. The topological polar surface area (TPSA) is 52.3 Å². The quantitative estimate of drug-likeness (QED) is 0.677. The van der Waals surface area contributed by atoms with Gasteiger partial charge in [0.05, 0.1) is 5.56 Å².